The fourth-order valence-corrected chi connectivity index (χ4v) is 2.60. The number of amides is 1. The van der Waals surface area contributed by atoms with E-state index >= 15 is 0 Å². The van der Waals surface area contributed by atoms with Gasteiger partial charge in [0.15, 0.2) is 0 Å². The molecular formula is C15H18N4O. The second-order valence-corrected chi connectivity index (χ2v) is 4.94. The fraction of sp³-hybridized carbons (Fsp3) is 0.333. The summed E-state index contributed by atoms with van der Waals surface area (Å²) in [4.78, 5) is 12.3. The topological polar surface area (TPSA) is 59.0 Å². The Labute approximate surface area is 118 Å². The van der Waals surface area contributed by atoms with Gasteiger partial charge in [0.25, 0.3) is 5.91 Å². The number of nitrogens with one attached hydrogen (secondary N) is 2. The molecule has 5 nitrogen and oxygen atoms in total. The van der Waals surface area contributed by atoms with Crippen LogP contribution in [-0.2, 0) is 6.54 Å². The van der Waals surface area contributed by atoms with Crippen LogP contribution in [0.1, 0.15) is 34.7 Å². The molecule has 2 heterocycles. The lowest BCUT2D eigenvalue weighted by Gasteiger charge is -2.17. The number of fused-ring (bicyclic) bond motifs is 1. The van der Waals surface area contributed by atoms with Crippen LogP contribution in [0.4, 0.5) is 5.69 Å². The minimum absolute atomic E-state index is 0.0617. The smallest absolute Gasteiger partial charge is 0.271 e. The SMILES string of the molecule is CCn1nc(C)c2c1C(=O)NCC(c1ccccc1)N2. The van der Waals surface area contributed by atoms with E-state index in [2.05, 4.69) is 27.9 Å². The Morgan fingerprint density at radius 3 is 2.80 bits per heavy atom. The van der Waals surface area contributed by atoms with Crippen LogP contribution in [-0.4, -0.2) is 22.2 Å². The van der Waals surface area contributed by atoms with Crippen molar-refractivity contribution in [2.75, 3.05) is 11.9 Å². The maximum absolute atomic E-state index is 12.3. The van der Waals surface area contributed by atoms with Gasteiger partial charge in [0.1, 0.15) is 5.69 Å². The number of hydrogen-bond donors (Lipinski definition) is 2. The zero-order valence-corrected chi connectivity index (χ0v) is 11.7. The zero-order valence-electron chi connectivity index (χ0n) is 11.7. The molecule has 1 aliphatic rings. The van der Waals surface area contributed by atoms with Crippen molar-refractivity contribution >= 4 is 11.6 Å². The lowest BCUT2D eigenvalue weighted by molar-refractivity contribution is 0.0945. The Bertz CT molecular complexity index is 633. The number of aromatic nitrogens is 2. The van der Waals surface area contributed by atoms with Crippen LogP contribution >= 0.6 is 0 Å². The predicted molar refractivity (Wildman–Crippen MR) is 77.8 cm³/mol. The van der Waals surface area contributed by atoms with Crippen LogP contribution in [0.5, 0.6) is 0 Å². The monoisotopic (exact) mass is 270 g/mol. The molecule has 0 fully saturated rings. The molecule has 20 heavy (non-hydrogen) atoms. The van der Waals surface area contributed by atoms with Gasteiger partial charge in [-0.2, -0.15) is 5.10 Å². The van der Waals surface area contributed by atoms with Gasteiger partial charge < -0.3 is 10.6 Å². The summed E-state index contributed by atoms with van der Waals surface area (Å²) >= 11 is 0. The summed E-state index contributed by atoms with van der Waals surface area (Å²) in [7, 11) is 0. The molecule has 0 radical (unpaired) electrons. The molecule has 3 rings (SSSR count). The van der Waals surface area contributed by atoms with E-state index in [4.69, 9.17) is 0 Å². The van der Waals surface area contributed by atoms with Gasteiger partial charge in [-0.25, -0.2) is 0 Å². The molecule has 5 heteroatoms. The van der Waals surface area contributed by atoms with Gasteiger partial charge in [0, 0.05) is 13.1 Å². The highest BCUT2D eigenvalue weighted by atomic mass is 16.2. The first kappa shape index (κ1) is 12.7. The molecule has 0 spiro atoms. The molecule has 1 amide bonds. The normalized spacial score (nSPS) is 17.9. The molecule has 0 bridgehead atoms. The van der Waals surface area contributed by atoms with Crippen LogP contribution < -0.4 is 10.6 Å². The molecule has 1 aliphatic heterocycles. The second kappa shape index (κ2) is 5.00. The highest BCUT2D eigenvalue weighted by Crippen LogP contribution is 2.28. The van der Waals surface area contributed by atoms with Gasteiger partial charge in [0.05, 0.1) is 17.4 Å². The number of rotatable bonds is 2. The van der Waals surface area contributed by atoms with Crippen molar-refractivity contribution in [1.82, 2.24) is 15.1 Å². The summed E-state index contributed by atoms with van der Waals surface area (Å²) < 4.78 is 1.75. The maximum Gasteiger partial charge on any atom is 0.271 e. The predicted octanol–water partition coefficient (Wildman–Crippen LogP) is 2.11. The molecule has 2 N–H and O–H groups in total. The largest absolute Gasteiger partial charge is 0.373 e. The molecule has 0 saturated carbocycles. The maximum atomic E-state index is 12.3. The molecule has 0 saturated heterocycles. The van der Waals surface area contributed by atoms with E-state index in [0.29, 0.717) is 18.8 Å². The average Bonchev–Trinajstić information content (AvgIpc) is 2.68. The summed E-state index contributed by atoms with van der Waals surface area (Å²) in [6.07, 6.45) is 0. The summed E-state index contributed by atoms with van der Waals surface area (Å²) in [5, 5.41) is 10.9. The van der Waals surface area contributed by atoms with Crippen LogP contribution in [0.2, 0.25) is 0 Å². The molecule has 1 atom stereocenters. The van der Waals surface area contributed by atoms with Crippen molar-refractivity contribution < 1.29 is 4.79 Å². The van der Waals surface area contributed by atoms with Gasteiger partial charge in [-0.05, 0) is 19.4 Å². The van der Waals surface area contributed by atoms with Gasteiger partial charge in [-0.1, -0.05) is 30.3 Å². The van der Waals surface area contributed by atoms with Crippen molar-refractivity contribution in [3.63, 3.8) is 0 Å². The quantitative estimate of drug-likeness (QED) is 0.878. The number of benzene rings is 1. The Morgan fingerprint density at radius 1 is 1.35 bits per heavy atom. The molecule has 1 aromatic carbocycles. The highest BCUT2D eigenvalue weighted by molar-refractivity contribution is 5.99. The first-order chi connectivity index (χ1) is 9.70. The van der Waals surface area contributed by atoms with Crippen LogP contribution in [0.15, 0.2) is 30.3 Å². The number of carbonyl (C=O) groups excluding carboxylic acids is 1. The summed E-state index contributed by atoms with van der Waals surface area (Å²) in [6.45, 7) is 5.17. The summed E-state index contributed by atoms with van der Waals surface area (Å²) in [6, 6.07) is 10.2. The molecule has 1 aromatic heterocycles. The van der Waals surface area contributed by atoms with Crippen LogP contribution in [0.25, 0.3) is 0 Å². The van der Waals surface area contributed by atoms with Gasteiger partial charge in [-0.3, -0.25) is 9.48 Å². The van der Waals surface area contributed by atoms with Gasteiger partial charge in [0.2, 0.25) is 0 Å². The minimum Gasteiger partial charge on any atom is -0.373 e. The van der Waals surface area contributed by atoms with Crippen molar-refractivity contribution in [2.24, 2.45) is 0 Å². The number of aryl methyl sites for hydroxylation is 2. The van der Waals surface area contributed by atoms with Crippen molar-refractivity contribution in [3.8, 4) is 0 Å². The minimum atomic E-state index is -0.0617. The molecule has 2 aromatic rings. The van der Waals surface area contributed by atoms with E-state index < -0.39 is 0 Å². The second-order valence-electron chi connectivity index (χ2n) is 4.94. The van der Waals surface area contributed by atoms with E-state index in [-0.39, 0.29) is 11.9 Å². The standard InChI is InChI=1S/C15H18N4O/c1-3-19-14-13(10(2)18-19)17-12(9-16-15(14)20)11-7-5-4-6-8-11/h4-8,12,17H,3,9H2,1-2H3,(H,16,20). The van der Waals surface area contributed by atoms with Crippen molar-refractivity contribution in [3.05, 3.63) is 47.3 Å². The lowest BCUT2D eigenvalue weighted by Crippen LogP contribution is -2.29. The van der Waals surface area contributed by atoms with E-state index in [1.165, 1.54) is 0 Å². The fourth-order valence-electron chi connectivity index (χ4n) is 2.60. The average molecular weight is 270 g/mol. The van der Waals surface area contributed by atoms with Crippen LogP contribution in [0.3, 0.4) is 0 Å². The number of carbonyl (C=O) groups is 1. The van der Waals surface area contributed by atoms with Crippen molar-refractivity contribution in [1.29, 1.82) is 0 Å². The Kier molecular flexibility index (Phi) is 3.18. The first-order valence-corrected chi connectivity index (χ1v) is 6.87. The third-order valence-electron chi connectivity index (χ3n) is 3.63. The third kappa shape index (κ3) is 2.05. The van der Waals surface area contributed by atoms with Crippen molar-refractivity contribution in [2.45, 2.75) is 26.4 Å². The highest BCUT2D eigenvalue weighted by Gasteiger charge is 2.27. The Morgan fingerprint density at radius 2 is 2.10 bits per heavy atom. The zero-order chi connectivity index (χ0) is 14.1. The lowest BCUT2D eigenvalue weighted by atomic mass is 10.1. The number of nitrogens with zero attached hydrogens (tertiary/aromatic N) is 2. The van der Waals surface area contributed by atoms with Gasteiger partial charge >= 0.3 is 0 Å². The molecule has 104 valence electrons. The van der Waals surface area contributed by atoms with E-state index in [1.54, 1.807) is 4.68 Å². The summed E-state index contributed by atoms with van der Waals surface area (Å²) in [5.41, 5.74) is 3.49. The van der Waals surface area contributed by atoms with E-state index in [1.807, 2.05) is 32.0 Å². The molecule has 1 unspecified atom stereocenters. The third-order valence-corrected chi connectivity index (χ3v) is 3.63. The Hall–Kier alpha value is -2.30. The van der Waals surface area contributed by atoms with Crippen LogP contribution in [0, 0.1) is 6.92 Å². The first-order valence-electron chi connectivity index (χ1n) is 6.87. The van der Waals surface area contributed by atoms with E-state index in [0.717, 1.165) is 16.9 Å². The number of anilines is 1. The van der Waals surface area contributed by atoms with Gasteiger partial charge in [-0.15, -0.1) is 0 Å². The van der Waals surface area contributed by atoms with E-state index in [9.17, 15) is 4.79 Å². The summed E-state index contributed by atoms with van der Waals surface area (Å²) in [5.74, 6) is -0.0617. The Balaban J connectivity index is 2.02. The number of hydrogen-bond acceptors (Lipinski definition) is 3. The molecular weight excluding hydrogens is 252 g/mol. The molecule has 0 aliphatic carbocycles.